The van der Waals surface area contributed by atoms with Crippen molar-refractivity contribution in [1.29, 1.82) is 5.26 Å². The highest BCUT2D eigenvalue weighted by Crippen LogP contribution is 2.43. The van der Waals surface area contributed by atoms with E-state index in [1.807, 2.05) is 6.07 Å². The monoisotopic (exact) mass is 362 g/mol. The highest BCUT2D eigenvalue weighted by Gasteiger charge is 2.35. The second kappa shape index (κ2) is 6.83. The van der Waals surface area contributed by atoms with Crippen LogP contribution in [0.2, 0.25) is 0 Å². The van der Waals surface area contributed by atoms with Crippen molar-refractivity contribution in [3.8, 4) is 11.8 Å². The summed E-state index contributed by atoms with van der Waals surface area (Å²) in [5, 5.41) is 12.9. The zero-order valence-corrected chi connectivity index (χ0v) is 14.1. The fraction of sp³-hybridized carbons (Fsp3) is 0.389. The molecule has 136 valence electrons. The van der Waals surface area contributed by atoms with Crippen LogP contribution in [-0.4, -0.2) is 34.2 Å². The van der Waals surface area contributed by atoms with Crippen molar-refractivity contribution in [3.05, 3.63) is 47.3 Å². The van der Waals surface area contributed by atoms with E-state index in [1.54, 1.807) is 13.1 Å². The summed E-state index contributed by atoms with van der Waals surface area (Å²) >= 11 is 0. The Morgan fingerprint density at radius 3 is 2.77 bits per heavy atom. The van der Waals surface area contributed by atoms with Gasteiger partial charge in [-0.05, 0) is 31.0 Å². The van der Waals surface area contributed by atoms with Gasteiger partial charge in [0.15, 0.2) is 0 Å². The van der Waals surface area contributed by atoms with Gasteiger partial charge in [0.2, 0.25) is 0 Å². The molecule has 0 N–H and O–H groups in total. The van der Waals surface area contributed by atoms with Gasteiger partial charge in [0.1, 0.15) is 0 Å². The molecule has 2 aromatic rings. The van der Waals surface area contributed by atoms with Gasteiger partial charge in [-0.2, -0.15) is 23.5 Å². The fourth-order valence-electron chi connectivity index (χ4n) is 2.82. The topological polar surface area (TPSA) is 61.9 Å². The number of carbonyl (C=O) groups excluding carboxylic acids is 1. The van der Waals surface area contributed by atoms with Gasteiger partial charge in [0.25, 0.3) is 5.91 Å². The molecule has 8 heteroatoms. The van der Waals surface area contributed by atoms with Crippen molar-refractivity contribution in [2.45, 2.75) is 31.4 Å². The largest absolute Gasteiger partial charge is 0.416 e. The Morgan fingerprint density at radius 1 is 1.42 bits per heavy atom. The van der Waals surface area contributed by atoms with E-state index in [0.717, 1.165) is 25.0 Å². The lowest BCUT2D eigenvalue weighted by Crippen LogP contribution is -2.28. The first-order chi connectivity index (χ1) is 12.3. The molecule has 1 amide bonds. The van der Waals surface area contributed by atoms with Crippen molar-refractivity contribution in [1.82, 2.24) is 14.7 Å². The number of halogens is 3. The highest BCUT2D eigenvalue weighted by atomic mass is 19.4. The summed E-state index contributed by atoms with van der Waals surface area (Å²) in [6.45, 7) is 0.286. The van der Waals surface area contributed by atoms with E-state index >= 15 is 0 Å². The first kappa shape index (κ1) is 18.0. The average Bonchev–Trinajstić information content (AvgIpc) is 3.36. The molecule has 1 fully saturated rings. The predicted molar refractivity (Wildman–Crippen MR) is 87.7 cm³/mol. The number of carbonyl (C=O) groups is 1. The third-order valence-electron chi connectivity index (χ3n) is 4.32. The molecule has 1 aromatic heterocycles. The molecular weight excluding hydrogens is 345 g/mol. The molecule has 1 aromatic carbocycles. The van der Waals surface area contributed by atoms with Crippen LogP contribution in [0, 0.1) is 11.3 Å². The molecule has 26 heavy (non-hydrogen) atoms. The standard InChI is InChI=1S/C18H17F3N4O/c1-24(9-3-8-22)17(26)15-11-23-25(16(15)12-6-7-12)14-5-2-4-13(10-14)18(19,20)21/h2,4-5,10-12H,3,6-7,9H2,1H3. The van der Waals surface area contributed by atoms with Crippen LogP contribution >= 0.6 is 0 Å². The lowest BCUT2D eigenvalue weighted by atomic mass is 10.1. The van der Waals surface area contributed by atoms with Gasteiger partial charge in [-0.1, -0.05) is 6.07 Å². The maximum Gasteiger partial charge on any atom is 0.416 e. The maximum absolute atomic E-state index is 13.0. The predicted octanol–water partition coefficient (Wildman–Crippen LogP) is 3.75. The summed E-state index contributed by atoms with van der Waals surface area (Å²) in [6, 6.07) is 6.90. The van der Waals surface area contributed by atoms with E-state index in [4.69, 9.17) is 5.26 Å². The number of nitriles is 1. The normalized spacial score (nSPS) is 14.1. The molecule has 0 radical (unpaired) electrons. The molecule has 1 saturated carbocycles. The number of nitrogens with zero attached hydrogens (tertiary/aromatic N) is 4. The third-order valence-corrected chi connectivity index (χ3v) is 4.32. The van der Waals surface area contributed by atoms with E-state index in [9.17, 15) is 18.0 Å². The molecule has 3 rings (SSSR count). The van der Waals surface area contributed by atoms with Crippen LogP contribution < -0.4 is 0 Å². The Morgan fingerprint density at radius 2 is 2.15 bits per heavy atom. The van der Waals surface area contributed by atoms with Gasteiger partial charge < -0.3 is 4.90 Å². The molecule has 1 aliphatic carbocycles. The number of hydrogen-bond donors (Lipinski definition) is 0. The maximum atomic E-state index is 13.0. The van der Waals surface area contributed by atoms with Gasteiger partial charge in [-0.15, -0.1) is 0 Å². The number of amides is 1. The molecule has 0 bridgehead atoms. The summed E-state index contributed by atoms with van der Waals surface area (Å²) in [6.07, 6.45) is -1.10. The van der Waals surface area contributed by atoms with E-state index < -0.39 is 11.7 Å². The number of hydrogen-bond acceptors (Lipinski definition) is 3. The van der Waals surface area contributed by atoms with E-state index in [-0.39, 0.29) is 30.5 Å². The Hall–Kier alpha value is -2.82. The molecule has 0 saturated heterocycles. The lowest BCUT2D eigenvalue weighted by Gasteiger charge is -2.16. The smallest absolute Gasteiger partial charge is 0.341 e. The molecule has 1 aliphatic rings. The van der Waals surface area contributed by atoms with Crippen LogP contribution in [0.5, 0.6) is 0 Å². The van der Waals surface area contributed by atoms with Crippen LogP contribution in [0.1, 0.15) is 46.8 Å². The Kier molecular flexibility index (Phi) is 4.72. The van der Waals surface area contributed by atoms with Crippen molar-refractivity contribution >= 4 is 5.91 Å². The summed E-state index contributed by atoms with van der Waals surface area (Å²) < 4.78 is 40.4. The second-order valence-corrected chi connectivity index (χ2v) is 6.31. The van der Waals surface area contributed by atoms with E-state index in [0.29, 0.717) is 11.3 Å². The van der Waals surface area contributed by atoms with Gasteiger partial charge in [-0.3, -0.25) is 4.79 Å². The second-order valence-electron chi connectivity index (χ2n) is 6.31. The number of aromatic nitrogens is 2. The van der Waals surface area contributed by atoms with Crippen molar-refractivity contribution in [3.63, 3.8) is 0 Å². The van der Waals surface area contributed by atoms with E-state index in [1.165, 1.54) is 21.8 Å². The molecule has 0 spiro atoms. The molecule has 0 atom stereocenters. The number of alkyl halides is 3. The SMILES string of the molecule is CN(CCC#N)C(=O)c1cnn(-c2cccc(C(F)(F)F)c2)c1C1CC1. The summed E-state index contributed by atoms with van der Waals surface area (Å²) in [7, 11) is 1.60. The Labute approximate surface area is 148 Å². The summed E-state index contributed by atoms with van der Waals surface area (Å²) in [5.41, 5.74) is 0.537. The first-order valence-corrected chi connectivity index (χ1v) is 8.21. The third kappa shape index (κ3) is 3.57. The summed E-state index contributed by atoms with van der Waals surface area (Å²) in [5.74, 6) is -0.171. The minimum absolute atomic E-state index is 0.107. The molecular formula is C18H17F3N4O. The van der Waals surface area contributed by atoms with Crippen molar-refractivity contribution < 1.29 is 18.0 Å². The minimum Gasteiger partial charge on any atom is -0.341 e. The molecule has 0 aliphatic heterocycles. The first-order valence-electron chi connectivity index (χ1n) is 8.21. The Bertz CT molecular complexity index is 862. The zero-order valence-electron chi connectivity index (χ0n) is 14.1. The highest BCUT2D eigenvalue weighted by molar-refractivity contribution is 5.95. The average molecular weight is 362 g/mol. The number of rotatable bonds is 5. The van der Waals surface area contributed by atoms with Crippen LogP contribution in [0.4, 0.5) is 13.2 Å². The van der Waals surface area contributed by atoms with Gasteiger partial charge in [0, 0.05) is 19.5 Å². The molecule has 0 unspecified atom stereocenters. The zero-order chi connectivity index (χ0) is 18.9. The fourth-order valence-corrected chi connectivity index (χ4v) is 2.82. The van der Waals surface area contributed by atoms with Crippen molar-refractivity contribution in [2.24, 2.45) is 0 Å². The molecule has 1 heterocycles. The minimum atomic E-state index is -4.45. The van der Waals surface area contributed by atoms with Crippen LogP contribution in [-0.2, 0) is 6.18 Å². The van der Waals surface area contributed by atoms with Gasteiger partial charge in [-0.25, -0.2) is 4.68 Å². The van der Waals surface area contributed by atoms with Crippen LogP contribution in [0.3, 0.4) is 0 Å². The van der Waals surface area contributed by atoms with Crippen LogP contribution in [0.15, 0.2) is 30.5 Å². The van der Waals surface area contributed by atoms with Gasteiger partial charge >= 0.3 is 6.18 Å². The van der Waals surface area contributed by atoms with Crippen LogP contribution in [0.25, 0.3) is 5.69 Å². The number of benzene rings is 1. The molecule has 5 nitrogen and oxygen atoms in total. The van der Waals surface area contributed by atoms with Crippen molar-refractivity contribution in [2.75, 3.05) is 13.6 Å². The quantitative estimate of drug-likeness (QED) is 0.814. The Balaban J connectivity index is 1.99. The summed E-state index contributed by atoms with van der Waals surface area (Å²) in [4.78, 5) is 14.1. The van der Waals surface area contributed by atoms with Gasteiger partial charge in [0.05, 0.1) is 41.2 Å². The van der Waals surface area contributed by atoms with E-state index in [2.05, 4.69) is 5.10 Å². The lowest BCUT2D eigenvalue weighted by molar-refractivity contribution is -0.137.